The fraction of sp³-hybridized carbons (Fsp3) is 0. The first-order valence-electron chi connectivity index (χ1n) is 2.25. The summed E-state index contributed by atoms with van der Waals surface area (Å²) in [6, 6.07) is 0. The van der Waals surface area contributed by atoms with E-state index in [-0.39, 0.29) is 0 Å². The van der Waals surface area contributed by atoms with Crippen molar-refractivity contribution in [2.45, 2.75) is 0 Å². The Hall–Kier alpha value is -1.49. The molecule has 0 radical (unpaired) electrons. The van der Waals surface area contributed by atoms with E-state index in [2.05, 4.69) is 23.7 Å². The number of hydrogen-bond donors (Lipinski definition) is 3. The number of hydrazine groups is 1. The molecule has 5 nitrogen and oxygen atoms in total. The molecule has 0 spiro atoms. The number of rotatable bonds is 2. The number of carbonyl (C=O) groups is 1. The van der Waals surface area contributed by atoms with Crippen molar-refractivity contribution in [3.05, 3.63) is 25.7 Å². The summed E-state index contributed by atoms with van der Waals surface area (Å²) in [6.45, 7) is 6.51. The van der Waals surface area contributed by atoms with Gasteiger partial charge in [0.1, 0.15) is 0 Å². The van der Waals surface area contributed by atoms with Crippen molar-refractivity contribution in [1.82, 2.24) is 5.43 Å². The predicted octanol–water partition coefficient (Wildman–Crippen LogP) is 0.418. The van der Waals surface area contributed by atoms with Crippen molar-refractivity contribution < 1.29 is 14.6 Å². The Morgan fingerprint density at radius 1 is 1.60 bits per heavy atom. The minimum absolute atomic E-state index is 1.22. The molecule has 58 valence electrons. The average Bonchev–Trinajstić information content (AvgIpc) is 1.91. The monoisotopic (exact) mass is 146 g/mol. The van der Waals surface area contributed by atoms with Crippen LogP contribution in [0.3, 0.4) is 0 Å². The highest BCUT2D eigenvalue weighted by molar-refractivity contribution is 5.63. The van der Waals surface area contributed by atoms with Crippen molar-refractivity contribution in [3.63, 3.8) is 0 Å². The Morgan fingerprint density at radius 2 is 1.90 bits per heavy atom. The van der Waals surface area contributed by atoms with Crippen LogP contribution in [0.5, 0.6) is 0 Å². The van der Waals surface area contributed by atoms with Crippen LogP contribution < -0.4 is 11.3 Å². The zero-order valence-electron chi connectivity index (χ0n) is 5.41. The van der Waals surface area contributed by atoms with Gasteiger partial charge in [0.15, 0.2) is 0 Å². The Bertz CT molecular complexity index is 107. The molecule has 0 aliphatic rings. The third-order valence-corrected chi connectivity index (χ3v) is 0.316. The second-order valence-corrected chi connectivity index (χ2v) is 0.919. The van der Waals surface area contributed by atoms with Crippen LogP contribution >= 0.6 is 0 Å². The fourth-order valence-corrected chi connectivity index (χ4v) is 0.0680. The van der Waals surface area contributed by atoms with E-state index in [1.165, 1.54) is 17.9 Å². The summed E-state index contributed by atoms with van der Waals surface area (Å²) in [6.07, 6.45) is 1.41. The molecule has 1 amide bonds. The molecule has 10 heavy (non-hydrogen) atoms. The van der Waals surface area contributed by atoms with E-state index >= 15 is 0 Å². The average molecular weight is 146 g/mol. The van der Waals surface area contributed by atoms with Crippen molar-refractivity contribution in [2.24, 2.45) is 5.84 Å². The van der Waals surface area contributed by atoms with Gasteiger partial charge in [0.2, 0.25) is 0 Å². The summed E-state index contributed by atoms with van der Waals surface area (Å²) in [5.74, 6) is 4.32. The zero-order valence-corrected chi connectivity index (χ0v) is 5.41. The van der Waals surface area contributed by atoms with Gasteiger partial charge in [-0.3, -0.25) is 5.43 Å². The summed E-state index contributed by atoms with van der Waals surface area (Å²) in [7, 11) is 0. The molecule has 4 N–H and O–H groups in total. The molecule has 0 aromatic heterocycles. The predicted molar refractivity (Wildman–Crippen MR) is 36.8 cm³/mol. The third kappa shape index (κ3) is 31.4. The fourth-order valence-electron chi connectivity index (χ4n) is 0.0680. The summed E-state index contributed by atoms with van der Waals surface area (Å²) in [5.41, 5.74) is 1.44. The maximum Gasteiger partial charge on any atom is 0.418 e. The highest BCUT2D eigenvalue weighted by atomic mass is 16.5. The van der Waals surface area contributed by atoms with Gasteiger partial charge in [0.25, 0.3) is 0 Å². The van der Waals surface area contributed by atoms with Crippen LogP contribution in [0, 0.1) is 0 Å². The minimum Gasteiger partial charge on any atom is -0.474 e. The van der Waals surface area contributed by atoms with Gasteiger partial charge in [-0.2, -0.15) is 0 Å². The molecule has 0 aromatic rings. The van der Waals surface area contributed by atoms with Crippen LogP contribution in [-0.4, -0.2) is 11.2 Å². The second kappa shape index (κ2) is 10.5. The van der Waals surface area contributed by atoms with Gasteiger partial charge in [0, 0.05) is 0 Å². The van der Waals surface area contributed by atoms with E-state index in [1.54, 1.807) is 0 Å². The summed E-state index contributed by atoms with van der Waals surface area (Å²) >= 11 is 0. The Morgan fingerprint density at radius 3 is 1.90 bits per heavy atom. The van der Waals surface area contributed by atoms with E-state index in [9.17, 15) is 0 Å². The topological polar surface area (TPSA) is 84.6 Å². The lowest BCUT2D eigenvalue weighted by molar-refractivity contribution is 0.194. The van der Waals surface area contributed by atoms with E-state index in [0.717, 1.165) is 0 Å². The third-order valence-electron chi connectivity index (χ3n) is 0.316. The van der Waals surface area contributed by atoms with Crippen LogP contribution in [0.1, 0.15) is 0 Å². The van der Waals surface area contributed by atoms with Crippen LogP contribution in [0.4, 0.5) is 4.79 Å². The van der Waals surface area contributed by atoms with Crippen molar-refractivity contribution in [2.75, 3.05) is 0 Å². The number of nitrogens with two attached hydrogens (primary N) is 1. The van der Waals surface area contributed by atoms with Gasteiger partial charge in [-0.1, -0.05) is 13.2 Å². The zero-order chi connectivity index (χ0) is 8.41. The van der Waals surface area contributed by atoms with Crippen molar-refractivity contribution in [1.29, 1.82) is 0 Å². The van der Waals surface area contributed by atoms with E-state index < -0.39 is 6.09 Å². The standard InChI is InChI=1S/C4H6O.CH4N2O2/c1-3-5-4-2;2-3-1(4)5/h3-4H,1-2H2;3H,2H2,(H,4,5). The van der Waals surface area contributed by atoms with Gasteiger partial charge in [-0.05, 0) is 0 Å². The molecular formula is C5H10N2O3. The molecule has 0 aromatic carbocycles. The van der Waals surface area contributed by atoms with Crippen molar-refractivity contribution in [3.8, 4) is 0 Å². The molecule has 0 unspecified atom stereocenters. The highest BCUT2D eigenvalue weighted by Crippen LogP contribution is 1.65. The molecule has 0 rings (SSSR count). The van der Waals surface area contributed by atoms with Gasteiger partial charge in [0.05, 0.1) is 12.5 Å². The quantitative estimate of drug-likeness (QED) is 0.228. The number of nitrogens with one attached hydrogen (secondary N) is 1. The minimum atomic E-state index is -1.22. The summed E-state index contributed by atoms with van der Waals surface area (Å²) in [4.78, 5) is 9.13. The Kier molecular flexibility index (Phi) is 11.9. The molecule has 0 aliphatic carbocycles. The normalized spacial score (nSPS) is 6.10. The molecule has 0 fully saturated rings. The first-order chi connectivity index (χ1) is 4.68. The molecule has 0 aliphatic heterocycles. The maximum atomic E-state index is 9.13. The second-order valence-electron chi connectivity index (χ2n) is 0.919. The van der Waals surface area contributed by atoms with Gasteiger partial charge in [-0.15, -0.1) is 0 Å². The van der Waals surface area contributed by atoms with Gasteiger partial charge in [-0.25, -0.2) is 10.6 Å². The molecule has 0 heterocycles. The summed E-state index contributed by atoms with van der Waals surface area (Å²) in [5, 5.41) is 7.49. The Balaban J connectivity index is 0. The van der Waals surface area contributed by atoms with Crippen LogP contribution in [0.15, 0.2) is 25.7 Å². The smallest absolute Gasteiger partial charge is 0.418 e. The van der Waals surface area contributed by atoms with E-state index in [1.807, 2.05) is 0 Å². The number of hydrogen-bond acceptors (Lipinski definition) is 3. The molecule has 0 bridgehead atoms. The molecule has 5 heteroatoms. The van der Waals surface area contributed by atoms with E-state index in [4.69, 9.17) is 9.90 Å². The number of amides is 1. The number of ether oxygens (including phenoxy) is 1. The molecular weight excluding hydrogens is 136 g/mol. The molecule has 0 atom stereocenters. The lowest BCUT2D eigenvalue weighted by atomic mass is 11.1. The SMILES string of the molecule is C=COC=C.NNC(=O)O. The first-order valence-corrected chi connectivity index (χ1v) is 2.25. The lowest BCUT2D eigenvalue weighted by Crippen LogP contribution is -2.27. The van der Waals surface area contributed by atoms with Crippen LogP contribution in [0.2, 0.25) is 0 Å². The largest absolute Gasteiger partial charge is 0.474 e. The number of carboxylic acid groups (broad SMARTS) is 1. The van der Waals surface area contributed by atoms with Crippen molar-refractivity contribution >= 4 is 6.09 Å². The van der Waals surface area contributed by atoms with E-state index in [0.29, 0.717) is 0 Å². The Labute approximate surface area is 58.8 Å². The highest BCUT2D eigenvalue weighted by Gasteiger charge is 1.77. The molecule has 0 saturated heterocycles. The van der Waals surface area contributed by atoms with Crippen LogP contribution in [-0.2, 0) is 4.74 Å². The molecule has 0 saturated carbocycles. The first kappa shape index (κ1) is 11.3. The summed E-state index contributed by atoms with van der Waals surface area (Å²) < 4.78 is 4.36. The van der Waals surface area contributed by atoms with Crippen LogP contribution in [0.25, 0.3) is 0 Å². The lowest BCUT2D eigenvalue weighted by Gasteiger charge is -1.79. The van der Waals surface area contributed by atoms with Gasteiger partial charge >= 0.3 is 6.09 Å². The van der Waals surface area contributed by atoms with Gasteiger partial charge < -0.3 is 9.84 Å². The maximum absolute atomic E-state index is 9.13.